The molecule has 0 fully saturated rings. The van der Waals surface area contributed by atoms with E-state index in [0.29, 0.717) is 24.2 Å². The normalized spacial score (nSPS) is 13.9. The summed E-state index contributed by atoms with van der Waals surface area (Å²) in [6.07, 6.45) is 3.00. The fourth-order valence-corrected chi connectivity index (χ4v) is 4.23. The van der Waals surface area contributed by atoms with Crippen molar-refractivity contribution in [1.82, 2.24) is 16.0 Å². The summed E-state index contributed by atoms with van der Waals surface area (Å²) in [6.45, 7) is 3.92. The molecular formula is C26H43N7O6S. The van der Waals surface area contributed by atoms with Crippen LogP contribution in [0, 0.1) is 5.92 Å². The number of amides is 3. The van der Waals surface area contributed by atoms with Gasteiger partial charge in [0.15, 0.2) is 5.96 Å². The van der Waals surface area contributed by atoms with E-state index in [-0.39, 0.29) is 43.4 Å². The van der Waals surface area contributed by atoms with Gasteiger partial charge in [0.1, 0.15) is 23.9 Å². The molecule has 0 aliphatic rings. The molecular weight excluding hydrogens is 538 g/mol. The number of carbonyl (C=O) groups is 4. The van der Waals surface area contributed by atoms with Crippen LogP contribution in [0.2, 0.25) is 0 Å². The minimum absolute atomic E-state index is 0.0219. The molecule has 4 unspecified atom stereocenters. The van der Waals surface area contributed by atoms with Crippen molar-refractivity contribution < 1.29 is 29.4 Å². The molecule has 0 aliphatic carbocycles. The number of carboxylic acid groups (broad SMARTS) is 1. The topological polar surface area (TPSA) is 235 Å². The van der Waals surface area contributed by atoms with Crippen LogP contribution in [0.15, 0.2) is 29.3 Å². The van der Waals surface area contributed by atoms with Crippen LogP contribution in [-0.2, 0) is 25.6 Å². The number of guanidine groups is 1. The maximum Gasteiger partial charge on any atom is 0.326 e. The van der Waals surface area contributed by atoms with Gasteiger partial charge in [0.25, 0.3) is 0 Å². The van der Waals surface area contributed by atoms with Gasteiger partial charge in [-0.2, -0.15) is 11.8 Å². The van der Waals surface area contributed by atoms with Crippen LogP contribution in [0.5, 0.6) is 5.75 Å². The molecule has 224 valence electrons. The lowest BCUT2D eigenvalue weighted by molar-refractivity contribution is -0.142. The molecule has 3 amide bonds. The molecule has 0 saturated heterocycles. The lowest BCUT2D eigenvalue weighted by Crippen LogP contribution is -2.57. The number of rotatable bonds is 18. The SMILES string of the molecule is CSCCC(N)C(=O)NC(Cc1ccc(O)cc1)C(=O)NC(CC(C)C)C(=O)NC(CCCN=C(N)N)C(=O)O. The van der Waals surface area contributed by atoms with Crippen LogP contribution in [-0.4, -0.2) is 82.6 Å². The number of hydrogen-bond donors (Lipinski definition) is 8. The van der Waals surface area contributed by atoms with E-state index in [1.165, 1.54) is 12.1 Å². The Labute approximate surface area is 239 Å². The number of aliphatic carboxylic acids is 1. The smallest absolute Gasteiger partial charge is 0.326 e. The molecule has 1 aromatic rings. The lowest BCUT2D eigenvalue weighted by Gasteiger charge is -2.26. The average molecular weight is 582 g/mol. The van der Waals surface area contributed by atoms with Crippen LogP contribution < -0.4 is 33.2 Å². The van der Waals surface area contributed by atoms with Crippen LogP contribution in [0.25, 0.3) is 0 Å². The van der Waals surface area contributed by atoms with E-state index < -0.39 is 47.9 Å². The first-order chi connectivity index (χ1) is 18.8. The standard InChI is InChI=1S/C26H43N7O6S/c1-15(2)13-20(23(36)31-19(25(38)39)5-4-11-30-26(28)29)33-24(37)21(14-16-6-8-17(34)9-7-16)32-22(35)18(27)10-12-40-3/h6-9,15,18-21,34H,4-5,10-14,27H2,1-3H3,(H,31,36)(H,32,35)(H,33,37)(H,38,39)(H4,28,29,30). The van der Waals surface area contributed by atoms with Gasteiger partial charge >= 0.3 is 5.97 Å². The van der Waals surface area contributed by atoms with E-state index in [1.54, 1.807) is 23.9 Å². The molecule has 0 saturated carbocycles. The largest absolute Gasteiger partial charge is 0.508 e. The molecule has 14 heteroatoms. The molecule has 0 radical (unpaired) electrons. The third-order valence-electron chi connectivity index (χ3n) is 5.88. The highest BCUT2D eigenvalue weighted by Gasteiger charge is 2.30. The number of aliphatic imine (C=N–C) groups is 1. The summed E-state index contributed by atoms with van der Waals surface area (Å²) >= 11 is 1.54. The van der Waals surface area contributed by atoms with Gasteiger partial charge in [0, 0.05) is 13.0 Å². The van der Waals surface area contributed by atoms with Crippen molar-refractivity contribution in [3.63, 3.8) is 0 Å². The van der Waals surface area contributed by atoms with Gasteiger partial charge in [0.2, 0.25) is 17.7 Å². The molecule has 0 heterocycles. The van der Waals surface area contributed by atoms with E-state index >= 15 is 0 Å². The van der Waals surface area contributed by atoms with Gasteiger partial charge < -0.3 is 43.4 Å². The van der Waals surface area contributed by atoms with Crippen molar-refractivity contribution in [3.05, 3.63) is 29.8 Å². The van der Waals surface area contributed by atoms with Gasteiger partial charge in [-0.3, -0.25) is 19.4 Å². The van der Waals surface area contributed by atoms with Crippen LogP contribution in [0.4, 0.5) is 0 Å². The Kier molecular flexibility index (Phi) is 15.5. The highest BCUT2D eigenvalue weighted by Crippen LogP contribution is 2.13. The van der Waals surface area contributed by atoms with Crippen LogP contribution in [0.1, 0.15) is 45.1 Å². The number of benzene rings is 1. The van der Waals surface area contributed by atoms with Crippen molar-refractivity contribution in [2.75, 3.05) is 18.6 Å². The molecule has 0 aromatic heterocycles. The number of hydrogen-bond acceptors (Lipinski definition) is 8. The van der Waals surface area contributed by atoms with Gasteiger partial charge in [0.05, 0.1) is 6.04 Å². The average Bonchev–Trinajstić information content (AvgIpc) is 2.88. The Bertz CT molecular complexity index is 1000. The Balaban J connectivity index is 3.08. The van der Waals surface area contributed by atoms with E-state index in [9.17, 15) is 29.4 Å². The first-order valence-electron chi connectivity index (χ1n) is 13.1. The van der Waals surface area contributed by atoms with Crippen molar-refractivity contribution >= 4 is 41.4 Å². The summed E-state index contributed by atoms with van der Waals surface area (Å²) in [5.41, 5.74) is 17.2. The maximum absolute atomic E-state index is 13.4. The first-order valence-corrected chi connectivity index (χ1v) is 14.4. The number of nitrogens with two attached hydrogens (primary N) is 3. The van der Waals surface area contributed by atoms with Gasteiger partial charge in [-0.1, -0.05) is 26.0 Å². The van der Waals surface area contributed by atoms with E-state index in [2.05, 4.69) is 20.9 Å². The van der Waals surface area contributed by atoms with E-state index in [4.69, 9.17) is 17.2 Å². The minimum atomic E-state index is -1.23. The quantitative estimate of drug-likeness (QED) is 0.0637. The van der Waals surface area contributed by atoms with E-state index in [1.807, 2.05) is 20.1 Å². The predicted molar refractivity (Wildman–Crippen MR) is 156 cm³/mol. The number of phenolic OH excluding ortho intramolecular Hbond substituents is 1. The zero-order valence-corrected chi connectivity index (χ0v) is 24.1. The Morgan fingerprint density at radius 2 is 1.50 bits per heavy atom. The highest BCUT2D eigenvalue weighted by molar-refractivity contribution is 7.98. The third kappa shape index (κ3) is 13.5. The monoisotopic (exact) mass is 581 g/mol. The molecule has 0 aliphatic heterocycles. The minimum Gasteiger partial charge on any atom is -0.508 e. The molecule has 1 rings (SSSR count). The molecule has 13 nitrogen and oxygen atoms in total. The fourth-order valence-electron chi connectivity index (χ4n) is 3.74. The predicted octanol–water partition coefficient (Wildman–Crippen LogP) is -0.346. The Morgan fingerprint density at radius 1 is 0.925 bits per heavy atom. The van der Waals surface area contributed by atoms with Crippen molar-refractivity contribution in [2.24, 2.45) is 28.1 Å². The van der Waals surface area contributed by atoms with Crippen molar-refractivity contribution in [3.8, 4) is 5.75 Å². The Hall–Kier alpha value is -3.52. The molecule has 4 atom stereocenters. The first kappa shape index (κ1) is 34.5. The number of phenols is 1. The summed E-state index contributed by atoms with van der Waals surface area (Å²) < 4.78 is 0. The van der Waals surface area contributed by atoms with Gasteiger partial charge in [-0.05, 0) is 61.3 Å². The second-order valence-electron chi connectivity index (χ2n) is 9.86. The second-order valence-corrected chi connectivity index (χ2v) is 10.8. The fraction of sp³-hybridized carbons (Fsp3) is 0.577. The zero-order chi connectivity index (χ0) is 30.2. The van der Waals surface area contributed by atoms with E-state index in [0.717, 1.165) is 0 Å². The number of carbonyl (C=O) groups excluding carboxylic acids is 3. The summed E-state index contributed by atoms with van der Waals surface area (Å²) in [5.74, 6) is -2.46. The summed E-state index contributed by atoms with van der Waals surface area (Å²) in [5, 5.41) is 27.1. The van der Waals surface area contributed by atoms with Crippen molar-refractivity contribution in [1.29, 1.82) is 0 Å². The molecule has 1 aromatic carbocycles. The number of nitrogens with one attached hydrogen (secondary N) is 3. The third-order valence-corrected chi connectivity index (χ3v) is 6.52. The molecule has 0 spiro atoms. The van der Waals surface area contributed by atoms with Crippen molar-refractivity contribution in [2.45, 2.75) is 70.1 Å². The zero-order valence-electron chi connectivity index (χ0n) is 23.3. The number of carboxylic acids is 1. The van der Waals surface area contributed by atoms with Gasteiger partial charge in [-0.25, -0.2) is 4.79 Å². The lowest BCUT2D eigenvalue weighted by atomic mass is 10.00. The van der Waals surface area contributed by atoms with Crippen LogP contribution >= 0.6 is 11.8 Å². The Morgan fingerprint density at radius 3 is 2.05 bits per heavy atom. The molecule has 40 heavy (non-hydrogen) atoms. The highest BCUT2D eigenvalue weighted by atomic mass is 32.2. The van der Waals surface area contributed by atoms with Gasteiger partial charge in [-0.15, -0.1) is 0 Å². The summed E-state index contributed by atoms with van der Waals surface area (Å²) in [7, 11) is 0. The molecule has 11 N–H and O–H groups in total. The summed E-state index contributed by atoms with van der Waals surface area (Å²) in [6, 6.07) is 1.99. The maximum atomic E-state index is 13.4. The molecule has 0 bridgehead atoms. The van der Waals surface area contributed by atoms with Crippen LogP contribution in [0.3, 0.4) is 0 Å². The number of aromatic hydroxyl groups is 1. The number of thioether (sulfide) groups is 1. The number of nitrogens with zero attached hydrogens (tertiary/aromatic N) is 1. The second kappa shape index (κ2) is 17.9. The summed E-state index contributed by atoms with van der Waals surface area (Å²) in [4.78, 5) is 54.9.